The van der Waals surface area contributed by atoms with Crippen LogP contribution in [0.4, 0.5) is 0 Å². The Morgan fingerprint density at radius 2 is 1.92 bits per heavy atom. The Morgan fingerprint density at radius 1 is 1.12 bits per heavy atom. The van der Waals surface area contributed by atoms with E-state index in [1.807, 2.05) is 28.8 Å². The molecule has 0 bridgehead atoms. The van der Waals surface area contributed by atoms with Gasteiger partial charge in [-0.1, -0.05) is 43.7 Å². The number of hydrogen-bond acceptors (Lipinski definition) is 4. The fourth-order valence-corrected chi connectivity index (χ4v) is 4.25. The molecular formula is C19H27N3OS. The molecule has 0 spiro atoms. The zero-order chi connectivity index (χ0) is 16.8. The molecule has 1 fully saturated rings. The Morgan fingerprint density at radius 3 is 2.71 bits per heavy atom. The van der Waals surface area contributed by atoms with Crippen molar-refractivity contribution < 1.29 is 0 Å². The monoisotopic (exact) mass is 345 g/mol. The van der Waals surface area contributed by atoms with E-state index in [1.54, 1.807) is 11.8 Å². The van der Waals surface area contributed by atoms with E-state index in [9.17, 15) is 4.79 Å². The average molecular weight is 346 g/mol. The number of rotatable bonds is 7. The minimum Gasteiger partial charge on any atom is -0.303 e. The summed E-state index contributed by atoms with van der Waals surface area (Å²) in [6.45, 7) is 6.44. The van der Waals surface area contributed by atoms with Crippen LogP contribution < -0.4 is 5.56 Å². The molecule has 1 aromatic carbocycles. The van der Waals surface area contributed by atoms with Crippen LogP contribution in [0.15, 0.2) is 34.2 Å². The molecule has 1 saturated heterocycles. The highest BCUT2D eigenvalue weighted by atomic mass is 32.2. The molecule has 0 aliphatic carbocycles. The van der Waals surface area contributed by atoms with E-state index in [1.165, 1.54) is 32.4 Å². The summed E-state index contributed by atoms with van der Waals surface area (Å²) in [5, 5.41) is 1.61. The predicted octanol–water partition coefficient (Wildman–Crippen LogP) is 3.77. The van der Waals surface area contributed by atoms with Crippen molar-refractivity contribution in [2.24, 2.45) is 0 Å². The molecule has 130 valence electrons. The van der Waals surface area contributed by atoms with Crippen LogP contribution in [0.2, 0.25) is 0 Å². The summed E-state index contributed by atoms with van der Waals surface area (Å²) in [7, 11) is 0. The van der Waals surface area contributed by atoms with Gasteiger partial charge in [-0.3, -0.25) is 9.36 Å². The summed E-state index contributed by atoms with van der Waals surface area (Å²) < 4.78 is 1.88. The number of benzene rings is 1. The van der Waals surface area contributed by atoms with Crippen LogP contribution in [0.25, 0.3) is 10.9 Å². The fraction of sp³-hybridized carbons (Fsp3) is 0.579. The van der Waals surface area contributed by atoms with E-state index in [0.717, 1.165) is 47.7 Å². The van der Waals surface area contributed by atoms with Crippen LogP contribution in [0.5, 0.6) is 0 Å². The third kappa shape index (κ3) is 4.19. The molecule has 0 unspecified atom stereocenters. The summed E-state index contributed by atoms with van der Waals surface area (Å²) in [6.07, 6.45) is 6.10. The molecule has 0 amide bonds. The van der Waals surface area contributed by atoms with Crippen molar-refractivity contribution in [1.29, 1.82) is 0 Å². The van der Waals surface area contributed by atoms with Crippen molar-refractivity contribution >= 4 is 22.7 Å². The molecule has 1 aliphatic heterocycles. The van der Waals surface area contributed by atoms with Crippen molar-refractivity contribution in [3.05, 3.63) is 34.6 Å². The number of piperidine rings is 1. The number of aromatic nitrogens is 2. The van der Waals surface area contributed by atoms with Gasteiger partial charge in [0.05, 0.1) is 10.9 Å². The first-order valence-electron chi connectivity index (χ1n) is 9.14. The van der Waals surface area contributed by atoms with Gasteiger partial charge < -0.3 is 4.90 Å². The van der Waals surface area contributed by atoms with Gasteiger partial charge >= 0.3 is 0 Å². The molecule has 0 atom stereocenters. The summed E-state index contributed by atoms with van der Waals surface area (Å²) in [5.41, 5.74) is 0.922. The second kappa shape index (κ2) is 8.67. The largest absolute Gasteiger partial charge is 0.303 e. The Kier molecular flexibility index (Phi) is 6.32. The number of likely N-dealkylation sites (tertiary alicyclic amines) is 1. The van der Waals surface area contributed by atoms with E-state index >= 15 is 0 Å². The highest BCUT2D eigenvalue weighted by molar-refractivity contribution is 7.99. The lowest BCUT2D eigenvalue weighted by Crippen LogP contribution is -2.31. The van der Waals surface area contributed by atoms with Crippen LogP contribution in [0.1, 0.15) is 39.0 Å². The molecule has 1 aromatic heterocycles. The number of para-hydroxylation sites is 1. The smallest absolute Gasteiger partial charge is 0.262 e. The van der Waals surface area contributed by atoms with Gasteiger partial charge in [-0.05, 0) is 44.5 Å². The highest BCUT2D eigenvalue weighted by Gasteiger charge is 2.13. The van der Waals surface area contributed by atoms with Crippen LogP contribution in [-0.2, 0) is 6.54 Å². The van der Waals surface area contributed by atoms with Gasteiger partial charge in [-0.15, -0.1) is 0 Å². The maximum atomic E-state index is 12.8. The number of fused-ring (bicyclic) bond motifs is 1. The van der Waals surface area contributed by atoms with Gasteiger partial charge in [0.1, 0.15) is 0 Å². The normalized spacial score (nSPS) is 15.9. The summed E-state index contributed by atoms with van der Waals surface area (Å²) in [6, 6.07) is 7.69. The van der Waals surface area contributed by atoms with Crippen molar-refractivity contribution in [3.63, 3.8) is 0 Å². The summed E-state index contributed by atoms with van der Waals surface area (Å²) >= 11 is 1.73. The molecule has 0 radical (unpaired) electrons. The zero-order valence-corrected chi connectivity index (χ0v) is 15.4. The van der Waals surface area contributed by atoms with Crippen molar-refractivity contribution in [2.45, 2.75) is 50.7 Å². The number of thioether (sulfide) groups is 1. The summed E-state index contributed by atoms with van der Waals surface area (Å²) in [5.74, 6) is 0.997. The van der Waals surface area contributed by atoms with Crippen molar-refractivity contribution in [3.8, 4) is 0 Å². The van der Waals surface area contributed by atoms with E-state index < -0.39 is 0 Å². The molecule has 24 heavy (non-hydrogen) atoms. The standard InChI is InChI=1S/C19H27N3OS/c1-2-3-13-22-18(23)16-9-5-6-10-17(16)20-19(22)24-15-14-21-11-7-4-8-12-21/h5-6,9-10H,2-4,7-8,11-15H2,1H3. The lowest BCUT2D eigenvalue weighted by atomic mass is 10.1. The topological polar surface area (TPSA) is 38.1 Å². The van der Waals surface area contributed by atoms with Crippen molar-refractivity contribution in [1.82, 2.24) is 14.5 Å². The van der Waals surface area contributed by atoms with Gasteiger partial charge in [-0.2, -0.15) is 0 Å². The average Bonchev–Trinajstić information content (AvgIpc) is 2.62. The maximum absolute atomic E-state index is 12.8. The SMILES string of the molecule is CCCCn1c(SCCN2CCCCC2)nc2ccccc2c1=O. The Bertz CT molecular complexity index is 722. The number of unbranched alkanes of at least 4 members (excludes halogenated alkanes) is 1. The van der Waals surface area contributed by atoms with E-state index in [2.05, 4.69) is 11.8 Å². The van der Waals surface area contributed by atoms with Gasteiger partial charge in [0.25, 0.3) is 5.56 Å². The molecule has 2 aromatic rings. The Labute approximate surface area is 148 Å². The van der Waals surface area contributed by atoms with Gasteiger partial charge in [0.15, 0.2) is 5.16 Å². The van der Waals surface area contributed by atoms with Crippen LogP contribution in [-0.4, -0.2) is 39.8 Å². The molecule has 0 N–H and O–H groups in total. The number of hydrogen-bond donors (Lipinski definition) is 0. The van der Waals surface area contributed by atoms with E-state index in [4.69, 9.17) is 4.98 Å². The quantitative estimate of drug-likeness (QED) is 0.565. The highest BCUT2D eigenvalue weighted by Crippen LogP contribution is 2.19. The lowest BCUT2D eigenvalue weighted by molar-refractivity contribution is 0.242. The molecule has 4 nitrogen and oxygen atoms in total. The Hall–Kier alpha value is -1.33. The zero-order valence-electron chi connectivity index (χ0n) is 14.5. The van der Waals surface area contributed by atoms with Crippen LogP contribution >= 0.6 is 11.8 Å². The minimum absolute atomic E-state index is 0.106. The van der Waals surface area contributed by atoms with Gasteiger partial charge in [0.2, 0.25) is 0 Å². The van der Waals surface area contributed by atoms with Crippen LogP contribution in [0, 0.1) is 0 Å². The molecule has 1 aliphatic rings. The van der Waals surface area contributed by atoms with Gasteiger partial charge in [0, 0.05) is 18.8 Å². The lowest BCUT2D eigenvalue weighted by Gasteiger charge is -2.26. The van der Waals surface area contributed by atoms with E-state index in [0.29, 0.717) is 0 Å². The second-order valence-electron chi connectivity index (χ2n) is 6.47. The Balaban J connectivity index is 1.77. The molecule has 3 rings (SSSR count). The third-order valence-electron chi connectivity index (χ3n) is 4.65. The summed E-state index contributed by atoms with van der Waals surface area (Å²) in [4.78, 5) is 20.1. The number of nitrogens with zero attached hydrogens (tertiary/aromatic N) is 3. The maximum Gasteiger partial charge on any atom is 0.262 e. The molecule has 0 saturated carbocycles. The predicted molar refractivity (Wildman–Crippen MR) is 102 cm³/mol. The first-order chi connectivity index (χ1) is 11.8. The van der Waals surface area contributed by atoms with E-state index in [-0.39, 0.29) is 5.56 Å². The molecule has 5 heteroatoms. The van der Waals surface area contributed by atoms with Crippen molar-refractivity contribution in [2.75, 3.05) is 25.4 Å². The molecule has 2 heterocycles. The van der Waals surface area contributed by atoms with Crippen LogP contribution in [0.3, 0.4) is 0 Å². The first-order valence-corrected chi connectivity index (χ1v) is 10.1. The fourth-order valence-electron chi connectivity index (χ4n) is 3.22. The minimum atomic E-state index is 0.106. The first kappa shape index (κ1) is 17.5. The molecular weight excluding hydrogens is 318 g/mol. The van der Waals surface area contributed by atoms with Gasteiger partial charge in [-0.25, -0.2) is 4.98 Å². The second-order valence-corrected chi connectivity index (χ2v) is 7.53. The third-order valence-corrected chi connectivity index (χ3v) is 5.61.